The summed E-state index contributed by atoms with van der Waals surface area (Å²) in [6.45, 7) is 8.23. The average molecular weight is 614 g/mol. The molecule has 1 unspecified atom stereocenters. The van der Waals surface area contributed by atoms with E-state index in [1.165, 1.54) is 6.07 Å². The molecule has 1 heterocycles. The minimum absolute atomic E-state index is 0.189. The van der Waals surface area contributed by atoms with Crippen LogP contribution < -0.4 is 15.8 Å². The molecule has 234 valence electrons. The van der Waals surface area contributed by atoms with Gasteiger partial charge in [0.1, 0.15) is 7.05 Å². The lowest BCUT2D eigenvalue weighted by atomic mass is 9.82. The lowest BCUT2D eigenvalue weighted by molar-refractivity contribution is -0.436. The summed E-state index contributed by atoms with van der Waals surface area (Å²) < 4.78 is 72.9. The molecule has 2 amide bonds. The molecule has 1 aromatic rings. The maximum atomic E-state index is 14.3. The summed E-state index contributed by atoms with van der Waals surface area (Å²) in [4.78, 5) is 24.1. The van der Waals surface area contributed by atoms with Gasteiger partial charge in [0.15, 0.2) is 5.71 Å². The topological polar surface area (TPSA) is 121 Å². The standard InChI is InChI=1S/C30H43F3N4O4S/c1-28(2,3)36-42(40,41)25-13-12-20(17-22(25)30(31,32)33)21-18-24(26(38)35-15-14-29(4,5)27(34)39)37(6)23(21)16-19-10-8-7-9-11-19/h12-13,17-19,21,36H,7-11,14-16H2,1-6H3,(H2-,34,35,38,39)/p+1. The molecule has 1 fully saturated rings. The molecule has 0 bridgehead atoms. The monoisotopic (exact) mass is 613 g/mol. The Hall–Kier alpha value is -2.73. The molecule has 1 atom stereocenters. The zero-order valence-corrected chi connectivity index (χ0v) is 26.1. The number of allylic oxidation sites excluding steroid dienone is 1. The second-order valence-corrected chi connectivity index (χ2v) is 14.8. The van der Waals surface area contributed by atoms with Crippen LogP contribution in [-0.2, 0) is 25.8 Å². The van der Waals surface area contributed by atoms with Gasteiger partial charge in [0, 0.05) is 30.0 Å². The van der Waals surface area contributed by atoms with E-state index >= 15 is 0 Å². The fourth-order valence-electron chi connectivity index (χ4n) is 5.55. The van der Waals surface area contributed by atoms with Crippen molar-refractivity contribution in [1.82, 2.24) is 10.0 Å². The minimum atomic E-state index is -4.93. The van der Waals surface area contributed by atoms with Gasteiger partial charge < -0.3 is 11.1 Å². The van der Waals surface area contributed by atoms with E-state index in [1.54, 1.807) is 52.3 Å². The SMILES string of the molecule is C[N+]1=C(CC2CCCCC2)C(c2ccc(S(=O)(=O)NC(C)(C)C)c(C(F)(F)F)c2)C=C1C(=O)NCCC(C)(C)C(N)=O. The van der Waals surface area contributed by atoms with Crippen LogP contribution in [0.15, 0.2) is 34.9 Å². The van der Waals surface area contributed by atoms with Gasteiger partial charge in [-0.3, -0.25) is 9.59 Å². The molecule has 42 heavy (non-hydrogen) atoms. The van der Waals surface area contributed by atoms with Crippen molar-refractivity contribution in [2.75, 3.05) is 13.6 Å². The Morgan fingerprint density at radius 3 is 2.21 bits per heavy atom. The van der Waals surface area contributed by atoms with Crippen LogP contribution in [0.25, 0.3) is 0 Å². The zero-order chi connectivity index (χ0) is 31.7. The number of nitrogens with one attached hydrogen (secondary N) is 2. The number of benzene rings is 1. The maximum Gasteiger partial charge on any atom is 0.417 e. The van der Waals surface area contributed by atoms with Crippen LogP contribution in [0.4, 0.5) is 13.2 Å². The zero-order valence-electron chi connectivity index (χ0n) is 25.3. The smallest absolute Gasteiger partial charge is 0.369 e. The van der Waals surface area contributed by atoms with Crippen LogP contribution in [-0.4, -0.2) is 49.7 Å². The summed E-state index contributed by atoms with van der Waals surface area (Å²) in [5, 5.41) is 2.81. The van der Waals surface area contributed by atoms with Crippen molar-refractivity contribution in [3.8, 4) is 0 Å². The summed E-state index contributed by atoms with van der Waals surface area (Å²) in [6.07, 6.45) is 2.94. The average Bonchev–Trinajstić information content (AvgIpc) is 3.18. The number of primary amides is 1. The third-order valence-electron chi connectivity index (χ3n) is 8.03. The first-order valence-electron chi connectivity index (χ1n) is 14.4. The van der Waals surface area contributed by atoms with E-state index in [1.807, 2.05) is 0 Å². The fourth-order valence-corrected chi connectivity index (χ4v) is 7.18. The van der Waals surface area contributed by atoms with Crippen molar-refractivity contribution in [3.05, 3.63) is 41.1 Å². The van der Waals surface area contributed by atoms with Gasteiger partial charge in [0.2, 0.25) is 15.9 Å². The number of halogens is 3. The highest BCUT2D eigenvalue weighted by Crippen LogP contribution is 2.39. The molecule has 0 aromatic heterocycles. The molecule has 0 radical (unpaired) electrons. The van der Waals surface area contributed by atoms with Gasteiger partial charge in [-0.2, -0.15) is 17.7 Å². The quantitative estimate of drug-likeness (QED) is 0.327. The number of nitrogens with two attached hydrogens (primary N) is 1. The molecular weight excluding hydrogens is 569 g/mol. The number of alkyl halides is 3. The summed E-state index contributed by atoms with van der Waals surface area (Å²) in [7, 11) is -2.74. The largest absolute Gasteiger partial charge is 0.417 e. The first-order valence-corrected chi connectivity index (χ1v) is 15.9. The Morgan fingerprint density at radius 2 is 1.67 bits per heavy atom. The highest BCUT2D eigenvalue weighted by molar-refractivity contribution is 7.89. The Balaban J connectivity index is 2.03. The predicted molar refractivity (Wildman–Crippen MR) is 155 cm³/mol. The van der Waals surface area contributed by atoms with Crippen LogP contribution in [0, 0.1) is 11.3 Å². The van der Waals surface area contributed by atoms with Gasteiger partial charge in [0.25, 0.3) is 5.70 Å². The predicted octanol–water partition coefficient (Wildman–Crippen LogP) is 4.83. The Labute approximate surface area is 247 Å². The van der Waals surface area contributed by atoms with E-state index in [2.05, 4.69) is 10.0 Å². The number of rotatable bonds is 10. The van der Waals surface area contributed by atoms with Crippen molar-refractivity contribution in [3.63, 3.8) is 0 Å². The van der Waals surface area contributed by atoms with Crippen molar-refractivity contribution in [2.24, 2.45) is 17.1 Å². The van der Waals surface area contributed by atoms with Gasteiger partial charge in [-0.15, -0.1) is 0 Å². The van der Waals surface area contributed by atoms with Crippen LogP contribution >= 0.6 is 0 Å². The Kier molecular flexibility index (Phi) is 10.0. The number of carbonyl (C=O) groups is 2. The molecule has 8 nitrogen and oxygen atoms in total. The maximum absolute atomic E-state index is 14.3. The van der Waals surface area contributed by atoms with E-state index in [-0.39, 0.29) is 12.1 Å². The van der Waals surface area contributed by atoms with Crippen molar-refractivity contribution in [1.29, 1.82) is 0 Å². The van der Waals surface area contributed by atoms with Crippen molar-refractivity contribution >= 4 is 27.5 Å². The molecule has 0 spiro atoms. The van der Waals surface area contributed by atoms with E-state index < -0.39 is 55.3 Å². The van der Waals surface area contributed by atoms with Gasteiger partial charge in [-0.25, -0.2) is 13.1 Å². The van der Waals surface area contributed by atoms with E-state index in [0.717, 1.165) is 49.9 Å². The molecule has 1 aliphatic heterocycles. The first-order chi connectivity index (χ1) is 19.2. The first kappa shape index (κ1) is 33.8. The summed E-state index contributed by atoms with van der Waals surface area (Å²) in [5.74, 6) is -1.21. The molecule has 1 aliphatic carbocycles. The summed E-state index contributed by atoms with van der Waals surface area (Å²) in [6, 6.07) is 3.30. The van der Waals surface area contributed by atoms with Crippen LogP contribution in [0.5, 0.6) is 0 Å². The normalized spacial score (nSPS) is 19.2. The van der Waals surface area contributed by atoms with Crippen LogP contribution in [0.2, 0.25) is 0 Å². The minimum Gasteiger partial charge on any atom is -0.369 e. The van der Waals surface area contributed by atoms with E-state index in [4.69, 9.17) is 5.73 Å². The number of amides is 2. The molecule has 3 rings (SSSR count). The van der Waals surface area contributed by atoms with E-state index in [0.29, 0.717) is 24.5 Å². The number of hydrogen-bond donors (Lipinski definition) is 3. The number of nitrogens with zero attached hydrogens (tertiary/aromatic N) is 1. The lowest BCUT2D eigenvalue weighted by Gasteiger charge is -2.24. The summed E-state index contributed by atoms with van der Waals surface area (Å²) in [5.41, 5.74) is 3.73. The van der Waals surface area contributed by atoms with Crippen molar-refractivity contribution in [2.45, 2.75) is 102 Å². The Bertz CT molecular complexity index is 1370. The second-order valence-electron chi connectivity index (χ2n) is 13.2. The van der Waals surface area contributed by atoms with Gasteiger partial charge in [0.05, 0.1) is 16.4 Å². The fraction of sp³-hybridized carbons (Fsp3) is 0.633. The van der Waals surface area contributed by atoms with Crippen molar-refractivity contribution < 1.29 is 35.8 Å². The molecule has 2 aliphatic rings. The second kappa shape index (κ2) is 12.5. The highest BCUT2D eigenvalue weighted by atomic mass is 32.2. The number of carbonyl (C=O) groups excluding carboxylic acids is 2. The molecule has 4 N–H and O–H groups in total. The van der Waals surface area contributed by atoms with Gasteiger partial charge in [-0.05, 0) is 63.6 Å². The number of likely N-dealkylation sites (N-methyl/N-ethyl adjacent to an activating group) is 1. The lowest BCUT2D eigenvalue weighted by Crippen LogP contribution is -2.41. The van der Waals surface area contributed by atoms with Gasteiger partial charge in [-0.1, -0.05) is 39.2 Å². The molecule has 0 saturated heterocycles. The Morgan fingerprint density at radius 1 is 1.05 bits per heavy atom. The third-order valence-corrected chi connectivity index (χ3v) is 9.85. The number of hydrogen-bond acceptors (Lipinski definition) is 4. The molecule has 12 heteroatoms. The molecular formula is C30H44F3N4O4S+. The van der Waals surface area contributed by atoms with Crippen LogP contribution in [0.1, 0.15) is 96.6 Å². The van der Waals surface area contributed by atoms with E-state index in [9.17, 15) is 31.2 Å². The summed E-state index contributed by atoms with van der Waals surface area (Å²) >= 11 is 0. The number of sulfonamides is 1. The van der Waals surface area contributed by atoms with Gasteiger partial charge >= 0.3 is 12.1 Å². The van der Waals surface area contributed by atoms with Crippen LogP contribution in [0.3, 0.4) is 0 Å². The third kappa shape index (κ3) is 8.21. The molecule has 1 aromatic carbocycles. The highest BCUT2D eigenvalue weighted by Gasteiger charge is 2.42. The molecule has 1 saturated carbocycles.